The second-order valence-corrected chi connectivity index (χ2v) is 4.68. The topological polar surface area (TPSA) is 88.8 Å². The van der Waals surface area contributed by atoms with E-state index in [9.17, 15) is 9.59 Å². The quantitative estimate of drug-likeness (QED) is 0.731. The van der Waals surface area contributed by atoms with Gasteiger partial charge in [0.05, 0.1) is 18.4 Å². The average Bonchev–Trinajstić information content (AvgIpc) is 3.04. The van der Waals surface area contributed by atoms with Crippen molar-refractivity contribution in [3.63, 3.8) is 0 Å². The fraction of sp³-hybridized carbons (Fsp3) is 0.250. The monoisotopic (exact) mass is 303 g/mol. The van der Waals surface area contributed by atoms with Crippen molar-refractivity contribution in [3.8, 4) is 5.75 Å². The van der Waals surface area contributed by atoms with E-state index in [0.717, 1.165) is 5.56 Å². The molecule has 0 atom stereocenters. The number of hydrogen-bond donors (Lipinski definition) is 2. The average molecular weight is 303 g/mol. The standard InChI is InChI=1S/C16H17NO5/c18-15(19)2-1-8-22-14-5-3-12(4-6-14)10-17-16(20)13-7-9-21-11-13/h3-7,9,11H,1-2,8,10H2,(H,17,20)(H,18,19). The minimum atomic E-state index is -0.827. The Bertz CT molecular complexity index is 604. The predicted molar refractivity (Wildman–Crippen MR) is 78.7 cm³/mol. The first-order valence-electron chi connectivity index (χ1n) is 6.89. The van der Waals surface area contributed by atoms with E-state index in [4.69, 9.17) is 14.3 Å². The molecule has 0 spiro atoms. The van der Waals surface area contributed by atoms with Gasteiger partial charge in [-0.15, -0.1) is 0 Å². The van der Waals surface area contributed by atoms with Crippen molar-refractivity contribution in [3.05, 3.63) is 54.0 Å². The second kappa shape index (κ2) is 7.87. The van der Waals surface area contributed by atoms with E-state index in [-0.39, 0.29) is 12.3 Å². The lowest BCUT2D eigenvalue weighted by molar-refractivity contribution is -0.137. The second-order valence-electron chi connectivity index (χ2n) is 4.68. The van der Waals surface area contributed by atoms with Crippen LogP contribution in [0.4, 0.5) is 0 Å². The lowest BCUT2D eigenvalue weighted by atomic mass is 10.2. The molecule has 0 fully saturated rings. The van der Waals surface area contributed by atoms with Crippen LogP contribution in [-0.2, 0) is 11.3 Å². The first-order chi connectivity index (χ1) is 10.6. The molecule has 0 saturated heterocycles. The molecule has 1 aromatic carbocycles. The first-order valence-corrected chi connectivity index (χ1v) is 6.89. The van der Waals surface area contributed by atoms with Crippen molar-refractivity contribution >= 4 is 11.9 Å². The summed E-state index contributed by atoms with van der Waals surface area (Å²) in [4.78, 5) is 22.1. The van der Waals surface area contributed by atoms with Gasteiger partial charge in [0.2, 0.25) is 0 Å². The van der Waals surface area contributed by atoms with Crippen molar-refractivity contribution in [1.82, 2.24) is 5.32 Å². The summed E-state index contributed by atoms with van der Waals surface area (Å²) in [5.74, 6) is -0.342. The van der Waals surface area contributed by atoms with Crippen LogP contribution in [0.15, 0.2) is 47.3 Å². The molecule has 0 unspecified atom stereocenters. The largest absolute Gasteiger partial charge is 0.494 e. The molecule has 0 aliphatic heterocycles. The van der Waals surface area contributed by atoms with Crippen LogP contribution in [0.5, 0.6) is 5.75 Å². The Kier molecular flexibility index (Phi) is 5.59. The lowest BCUT2D eigenvalue weighted by Gasteiger charge is -2.07. The number of carboxylic acids is 1. The molecule has 6 heteroatoms. The Morgan fingerprint density at radius 2 is 1.95 bits per heavy atom. The number of ether oxygens (including phenoxy) is 1. The third-order valence-corrected chi connectivity index (χ3v) is 2.96. The molecular formula is C16H17NO5. The third kappa shape index (κ3) is 4.97. The maximum absolute atomic E-state index is 11.7. The van der Waals surface area contributed by atoms with Crippen molar-refractivity contribution in [2.24, 2.45) is 0 Å². The van der Waals surface area contributed by atoms with Crippen LogP contribution in [0.3, 0.4) is 0 Å². The predicted octanol–water partition coefficient (Wildman–Crippen LogP) is 2.45. The van der Waals surface area contributed by atoms with Gasteiger partial charge in [-0.25, -0.2) is 0 Å². The first kappa shape index (κ1) is 15.6. The zero-order valence-electron chi connectivity index (χ0n) is 12.0. The molecule has 6 nitrogen and oxygen atoms in total. The highest BCUT2D eigenvalue weighted by Crippen LogP contribution is 2.13. The van der Waals surface area contributed by atoms with Gasteiger partial charge in [-0.05, 0) is 30.2 Å². The molecule has 1 heterocycles. The number of rotatable bonds is 8. The van der Waals surface area contributed by atoms with Crippen LogP contribution < -0.4 is 10.1 Å². The number of furan rings is 1. The Balaban J connectivity index is 1.74. The molecule has 0 saturated carbocycles. The fourth-order valence-corrected chi connectivity index (χ4v) is 1.80. The van der Waals surface area contributed by atoms with E-state index < -0.39 is 5.97 Å². The maximum Gasteiger partial charge on any atom is 0.303 e. The number of carbonyl (C=O) groups is 2. The fourth-order valence-electron chi connectivity index (χ4n) is 1.80. The van der Waals surface area contributed by atoms with Crippen LogP contribution in [0, 0.1) is 0 Å². The Hall–Kier alpha value is -2.76. The van der Waals surface area contributed by atoms with Crippen LogP contribution >= 0.6 is 0 Å². The molecule has 2 N–H and O–H groups in total. The smallest absolute Gasteiger partial charge is 0.303 e. The minimum absolute atomic E-state index is 0.0954. The van der Waals surface area contributed by atoms with Gasteiger partial charge in [0.1, 0.15) is 12.0 Å². The lowest BCUT2D eigenvalue weighted by Crippen LogP contribution is -2.22. The summed E-state index contributed by atoms with van der Waals surface area (Å²) in [5.41, 5.74) is 1.42. The molecule has 0 radical (unpaired) electrons. The zero-order chi connectivity index (χ0) is 15.8. The van der Waals surface area contributed by atoms with E-state index in [0.29, 0.717) is 30.9 Å². The highest BCUT2D eigenvalue weighted by Gasteiger charge is 2.06. The Morgan fingerprint density at radius 3 is 2.59 bits per heavy atom. The molecule has 2 aromatic rings. The van der Waals surface area contributed by atoms with Crippen molar-refractivity contribution in [1.29, 1.82) is 0 Å². The third-order valence-electron chi connectivity index (χ3n) is 2.96. The molecule has 0 aliphatic rings. The van der Waals surface area contributed by atoms with Gasteiger partial charge in [0, 0.05) is 13.0 Å². The number of hydrogen-bond acceptors (Lipinski definition) is 4. The van der Waals surface area contributed by atoms with Gasteiger partial charge in [-0.1, -0.05) is 12.1 Å². The molecule has 0 bridgehead atoms. The van der Waals surface area contributed by atoms with Crippen molar-refractivity contribution in [2.75, 3.05) is 6.61 Å². The molecule has 22 heavy (non-hydrogen) atoms. The van der Waals surface area contributed by atoms with Crippen LogP contribution in [-0.4, -0.2) is 23.6 Å². The summed E-state index contributed by atoms with van der Waals surface area (Å²) in [5, 5.41) is 11.3. The maximum atomic E-state index is 11.7. The number of amides is 1. The summed E-state index contributed by atoms with van der Waals surface area (Å²) in [6.45, 7) is 0.770. The van der Waals surface area contributed by atoms with Crippen LogP contribution in [0.1, 0.15) is 28.8 Å². The van der Waals surface area contributed by atoms with E-state index in [2.05, 4.69) is 5.32 Å². The summed E-state index contributed by atoms with van der Waals surface area (Å²) in [7, 11) is 0. The summed E-state index contributed by atoms with van der Waals surface area (Å²) < 4.78 is 10.3. The van der Waals surface area contributed by atoms with E-state index in [1.807, 2.05) is 12.1 Å². The Labute approximate surface area is 127 Å². The molecule has 116 valence electrons. The van der Waals surface area contributed by atoms with E-state index in [1.54, 1.807) is 18.2 Å². The molecular weight excluding hydrogens is 286 g/mol. The molecule has 2 rings (SSSR count). The zero-order valence-corrected chi connectivity index (χ0v) is 12.0. The summed E-state index contributed by atoms with van der Waals surface area (Å²) in [6, 6.07) is 8.88. The van der Waals surface area contributed by atoms with Gasteiger partial charge in [0.25, 0.3) is 5.91 Å². The number of carbonyl (C=O) groups excluding carboxylic acids is 1. The highest BCUT2D eigenvalue weighted by atomic mass is 16.5. The van der Waals surface area contributed by atoms with Crippen LogP contribution in [0.25, 0.3) is 0 Å². The molecule has 1 amide bonds. The van der Waals surface area contributed by atoms with Gasteiger partial charge >= 0.3 is 5.97 Å². The summed E-state index contributed by atoms with van der Waals surface area (Å²) >= 11 is 0. The van der Waals surface area contributed by atoms with Gasteiger partial charge in [0.15, 0.2) is 0 Å². The van der Waals surface area contributed by atoms with E-state index in [1.165, 1.54) is 12.5 Å². The van der Waals surface area contributed by atoms with Gasteiger partial charge in [-0.2, -0.15) is 0 Å². The minimum Gasteiger partial charge on any atom is -0.494 e. The van der Waals surface area contributed by atoms with Gasteiger partial charge in [-0.3, -0.25) is 9.59 Å². The molecule has 1 aromatic heterocycles. The number of carboxylic acid groups (broad SMARTS) is 1. The summed E-state index contributed by atoms with van der Waals surface area (Å²) in [6.07, 6.45) is 3.41. The Morgan fingerprint density at radius 1 is 1.18 bits per heavy atom. The number of benzene rings is 1. The van der Waals surface area contributed by atoms with Crippen molar-refractivity contribution in [2.45, 2.75) is 19.4 Å². The molecule has 0 aliphatic carbocycles. The highest BCUT2D eigenvalue weighted by molar-refractivity contribution is 5.93. The SMILES string of the molecule is O=C(O)CCCOc1ccc(CNC(=O)c2ccoc2)cc1. The van der Waals surface area contributed by atoms with Crippen molar-refractivity contribution < 1.29 is 23.8 Å². The number of aliphatic carboxylic acids is 1. The van der Waals surface area contributed by atoms with Gasteiger partial charge < -0.3 is 19.6 Å². The van der Waals surface area contributed by atoms with E-state index >= 15 is 0 Å². The van der Waals surface area contributed by atoms with Crippen LogP contribution in [0.2, 0.25) is 0 Å². The number of nitrogens with one attached hydrogen (secondary N) is 1. The normalized spacial score (nSPS) is 10.2.